The molecule has 0 spiro atoms. The minimum atomic E-state index is -0.159. The van der Waals surface area contributed by atoms with Crippen molar-refractivity contribution in [1.29, 1.82) is 0 Å². The summed E-state index contributed by atoms with van der Waals surface area (Å²) >= 11 is 6.15. The number of hydrogen-bond donors (Lipinski definition) is 2. The van der Waals surface area contributed by atoms with Crippen LogP contribution in [0.15, 0.2) is 30.3 Å². The molecule has 22 heavy (non-hydrogen) atoms. The van der Waals surface area contributed by atoms with Crippen molar-refractivity contribution in [2.75, 3.05) is 19.7 Å². The molecular weight excluding hydrogens is 302 g/mol. The standard InChI is InChI=1S/C16H20ClN3O2/c1-2-3-8-20(9-10-21)16(22)15-11-14(18-19-15)12-6-4-5-7-13(12)17/h4-7,11,21H,2-3,8-10H2,1H3,(H,18,19). The van der Waals surface area contributed by atoms with Crippen molar-refractivity contribution in [3.63, 3.8) is 0 Å². The van der Waals surface area contributed by atoms with Crippen LogP contribution in [0.4, 0.5) is 0 Å². The number of benzene rings is 1. The Kier molecular flexibility index (Phi) is 5.98. The number of halogens is 1. The molecule has 1 amide bonds. The molecule has 2 aromatic rings. The van der Waals surface area contributed by atoms with E-state index in [2.05, 4.69) is 17.1 Å². The third-order valence-electron chi connectivity index (χ3n) is 3.40. The zero-order valence-corrected chi connectivity index (χ0v) is 13.3. The van der Waals surface area contributed by atoms with E-state index in [-0.39, 0.29) is 12.5 Å². The maximum absolute atomic E-state index is 12.5. The minimum Gasteiger partial charge on any atom is -0.395 e. The Morgan fingerprint density at radius 1 is 1.36 bits per heavy atom. The van der Waals surface area contributed by atoms with Gasteiger partial charge in [-0.1, -0.05) is 43.1 Å². The van der Waals surface area contributed by atoms with Gasteiger partial charge in [0, 0.05) is 18.7 Å². The van der Waals surface area contributed by atoms with Gasteiger partial charge in [-0.3, -0.25) is 9.89 Å². The summed E-state index contributed by atoms with van der Waals surface area (Å²) in [7, 11) is 0. The number of carbonyl (C=O) groups excluding carboxylic acids is 1. The van der Waals surface area contributed by atoms with E-state index in [1.807, 2.05) is 18.2 Å². The fourth-order valence-corrected chi connectivity index (χ4v) is 2.43. The Balaban J connectivity index is 2.19. The molecule has 0 saturated carbocycles. The van der Waals surface area contributed by atoms with Crippen molar-refractivity contribution < 1.29 is 9.90 Å². The smallest absolute Gasteiger partial charge is 0.271 e. The topological polar surface area (TPSA) is 69.2 Å². The number of H-pyrrole nitrogens is 1. The van der Waals surface area contributed by atoms with Crippen molar-refractivity contribution in [1.82, 2.24) is 15.1 Å². The van der Waals surface area contributed by atoms with E-state index in [1.165, 1.54) is 0 Å². The summed E-state index contributed by atoms with van der Waals surface area (Å²) in [6.07, 6.45) is 1.89. The van der Waals surface area contributed by atoms with E-state index in [9.17, 15) is 4.79 Å². The monoisotopic (exact) mass is 321 g/mol. The second-order valence-corrected chi connectivity index (χ2v) is 5.42. The quantitative estimate of drug-likeness (QED) is 0.823. The van der Waals surface area contributed by atoms with Gasteiger partial charge in [-0.2, -0.15) is 5.10 Å². The third-order valence-corrected chi connectivity index (χ3v) is 3.73. The van der Waals surface area contributed by atoms with Crippen LogP contribution in [-0.4, -0.2) is 45.8 Å². The average Bonchev–Trinajstić information content (AvgIpc) is 3.01. The number of aromatic nitrogens is 2. The highest BCUT2D eigenvalue weighted by Gasteiger charge is 2.18. The molecule has 2 N–H and O–H groups in total. The van der Waals surface area contributed by atoms with Crippen LogP contribution >= 0.6 is 11.6 Å². The zero-order chi connectivity index (χ0) is 15.9. The van der Waals surface area contributed by atoms with Crippen molar-refractivity contribution in [3.05, 3.63) is 41.0 Å². The van der Waals surface area contributed by atoms with E-state index in [4.69, 9.17) is 16.7 Å². The van der Waals surface area contributed by atoms with Gasteiger partial charge in [-0.15, -0.1) is 0 Å². The molecule has 6 heteroatoms. The lowest BCUT2D eigenvalue weighted by Crippen LogP contribution is -2.34. The summed E-state index contributed by atoms with van der Waals surface area (Å²) in [6, 6.07) is 9.05. The summed E-state index contributed by atoms with van der Waals surface area (Å²) in [4.78, 5) is 14.1. The van der Waals surface area contributed by atoms with Crippen LogP contribution in [0.25, 0.3) is 11.3 Å². The predicted octanol–water partition coefficient (Wildman–Crippen LogP) is 2.96. The molecule has 0 unspecified atom stereocenters. The molecule has 1 aromatic heterocycles. The third kappa shape index (κ3) is 3.87. The molecule has 5 nitrogen and oxygen atoms in total. The Labute approximate surface area is 134 Å². The van der Waals surface area contributed by atoms with Gasteiger partial charge in [0.1, 0.15) is 5.69 Å². The van der Waals surface area contributed by atoms with Gasteiger partial charge in [0.15, 0.2) is 0 Å². The van der Waals surface area contributed by atoms with E-state index < -0.39 is 0 Å². The number of amides is 1. The summed E-state index contributed by atoms with van der Waals surface area (Å²) in [5.41, 5.74) is 1.81. The molecule has 0 fully saturated rings. The van der Waals surface area contributed by atoms with Gasteiger partial charge in [-0.25, -0.2) is 0 Å². The summed E-state index contributed by atoms with van der Waals surface area (Å²) in [5.74, 6) is -0.159. The van der Waals surface area contributed by atoms with E-state index in [0.717, 1.165) is 18.4 Å². The first kappa shape index (κ1) is 16.5. The number of nitrogens with zero attached hydrogens (tertiary/aromatic N) is 2. The lowest BCUT2D eigenvalue weighted by atomic mass is 10.1. The normalized spacial score (nSPS) is 10.7. The van der Waals surface area contributed by atoms with Crippen molar-refractivity contribution >= 4 is 17.5 Å². The minimum absolute atomic E-state index is 0.0546. The molecular formula is C16H20ClN3O2. The highest BCUT2D eigenvalue weighted by Crippen LogP contribution is 2.26. The molecule has 2 rings (SSSR count). The van der Waals surface area contributed by atoms with Gasteiger partial charge in [-0.05, 0) is 18.6 Å². The maximum Gasteiger partial charge on any atom is 0.271 e. The van der Waals surface area contributed by atoms with Gasteiger partial charge in [0.2, 0.25) is 0 Å². The lowest BCUT2D eigenvalue weighted by Gasteiger charge is -2.20. The number of aromatic amines is 1. The highest BCUT2D eigenvalue weighted by atomic mass is 35.5. The molecule has 0 saturated heterocycles. The largest absolute Gasteiger partial charge is 0.395 e. The number of carbonyl (C=O) groups is 1. The van der Waals surface area contributed by atoms with Gasteiger partial charge >= 0.3 is 0 Å². The van der Waals surface area contributed by atoms with Crippen LogP contribution in [0, 0.1) is 0 Å². The molecule has 1 heterocycles. The van der Waals surface area contributed by atoms with Crippen molar-refractivity contribution in [3.8, 4) is 11.3 Å². The molecule has 0 aliphatic rings. The van der Waals surface area contributed by atoms with Gasteiger partial charge in [0.25, 0.3) is 5.91 Å². The van der Waals surface area contributed by atoms with Crippen molar-refractivity contribution in [2.24, 2.45) is 0 Å². The molecule has 0 atom stereocenters. The van der Waals surface area contributed by atoms with E-state index in [1.54, 1.807) is 17.0 Å². The Morgan fingerprint density at radius 2 is 2.14 bits per heavy atom. The predicted molar refractivity (Wildman–Crippen MR) is 86.9 cm³/mol. The lowest BCUT2D eigenvalue weighted by molar-refractivity contribution is 0.0713. The van der Waals surface area contributed by atoms with E-state index in [0.29, 0.717) is 29.5 Å². The van der Waals surface area contributed by atoms with E-state index >= 15 is 0 Å². The second kappa shape index (κ2) is 7.96. The van der Waals surface area contributed by atoms with Crippen molar-refractivity contribution in [2.45, 2.75) is 19.8 Å². The number of unbranched alkanes of at least 4 members (excludes halogenated alkanes) is 1. The molecule has 1 aromatic carbocycles. The number of aliphatic hydroxyl groups is 1. The maximum atomic E-state index is 12.5. The summed E-state index contributed by atoms with van der Waals surface area (Å²) in [6.45, 7) is 2.95. The first-order valence-electron chi connectivity index (χ1n) is 7.37. The van der Waals surface area contributed by atoms with Crippen LogP contribution in [0.1, 0.15) is 30.3 Å². The number of hydrogen-bond acceptors (Lipinski definition) is 3. The highest BCUT2D eigenvalue weighted by molar-refractivity contribution is 6.33. The molecule has 0 aliphatic carbocycles. The van der Waals surface area contributed by atoms with Crippen LogP contribution in [0.2, 0.25) is 5.02 Å². The zero-order valence-electron chi connectivity index (χ0n) is 12.6. The Hall–Kier alpha value is -1.85. The van der Waals surface area contributed by atoms with Gasteiger partial charge < -0.3 is 10.0 Å². The number of nitrogens with one attached hydrogen (secondary N) is 1. The first-order valence-corrected chi connectivity index (χ1v) is 7.75. The van der Waals surface area contributed by atoms with Crippen LogP contribution in [0.3, 0.4) is 0 Å². The molecule has 0 radical (unpaired) electrons. The molecule has 0 bridgehead atoms. The summed E-state index contributed by atoms with van der Waals surface area (Å²) in [5, 5.41) is 16.6. The SMILES string of the molecule is CCCCN(CCO)C(=O)c1cc(-c2ccccc2Cl)n[nH]1. The number of aliphatic hydroxyl groups excluding tert-OH is 1. The van der Waals surface area contributed by atoms with Crippen LogP contribution in [0.5, 0.6) is 0 Å². The average molecular weight is 322 g/mol. The fraction of sp³-hybridized carbons (Fsp3) is 0.375. The fourth-order valence-electron chi connectivity index (χ4n) is 2.19. The van der Waals surface area contributed by atoms with Gasteiger partial charge in [0.05, 0.1) is 17.3 Å². The first-order chi connectivity index (χ1) is 10.7. The van der Waals surface area contributed by atoms with Crippen LogP contribution in [-0.2, 0) is 0 Å². The van der Waals surface area contributed by atoms with Crippen LogP contribution < -0.4 is 0 Å². The second-order valence-electron chi connectivity index (χ2n) is 5.02. The number of rotatable bonds is 7. The Morgan fingerprint density at radius 3 is 2.82 bits per heavy atom. The molecule has 0 aliphatic heterocycles. The Bertz CT molecular complexity index is 627. The molecule has 118 valence electrons. The summed E-state index contributed by atoms with van der Waals surface area (Å²) < 4.78 is 0.